The summed E-state index contributed by atoms with van der Waals surface area (Å²) in [5.41, 5.74) is 9.48. The SMILES string of the molecule is Nc1c(F)c(F)c(Cl)c(N)c1Cl. The summed E-state index contributed by atoms with van der Waals surface area (Å²) in [5.74, 6) is -2.56. The van der Waals surface area contributed by atoms with Crippen LogP contribution in [0.5, 0.6) is 0 Å². The van der Waals surface area contributed by atoms with E-state index in [1.807, 2.05) is 0 Å². The van der Waals surface area contributed by atoms with Gasteiger partial charge in [-0.05, 0) is 0 Å². The van der Waals surface area contributed by atoms with Crippen LogP contribution in [0.3, 0.4) is 0 Å². The molecule has 1 rings (SSSR count). The fourth-order valence-corrected chi connectivity index (χ4v) is 1.07. The standard InChI is InChI=1S/C6H4Cl2F2N2/c7-1-3(9)4(10)6(12)2(8)5(1)11/h11-12H2. The molecule has 1 aromatic carbocycles. The first-order valence-electron chi connectivity index (χ1n) is 2.83. The number of benzene rings is 1. The highest BCUT2D eigenvalue weighted by Gasteiger charge is 2.18. The second kappa shape index (κ2) is 2.95. The third-order valence-electron chi connectivity index (χ3n) is 1.33. The van der Waals surface area contributed by atoms with Gasteiger partial charge in [-0.15, -0.1) is 0 Å². The lowest BCUT2D eigenvalue weighted by atomic mass is 10.2. The van der Waals surface area contributed by atoms with Crippen molar-refractivity contribution in [1.29, 1.82) is 0 Å². The van der Waals surface area contributed by atoms with Gasteiger partial charge in [0.15, 0.2) is 11.6 Å². The first-order chi connectivity index (χ1) is 5.46. The molecule has 66 valence electrons. The second-order valence-electron chi connectivity index (χ2n) is 2.08. The first kappa shape index (κ1) is 9.35. The monoisotopic (exact) mass is 212 g/mol. The number of nitrogen functional groups attached to an aromatic ring is 2. The maximum atomic E-state index is 12.7. The van der Waals surface area contributed by atoms with Crippen LogP contribution in [0.4, 0.5) is 20.2 Å². The normalized spacial score (nSPS) is 10.3. The lowest BCUT2D eigenvalue weighted by Crippen LogP contribution is -2.01. The summed E-state index contributed by atoms with van der Waals surface area (Å²) in [6.45, 7) is 0. The van der Waals surface area contributed by atoms with E-state index in [1.54, 1.807) is 0 Å². The predicted octanol–water partition coefficient (Wildman–Crippen LogP) is 2.44. The lowest BCUT2D eigenvalue weighted by molar-refractivity contribution is 0.513. The molecule has 0 atom stereocenters. The van der Waals surface area contributed by atoms with Crippen molar-refractivity contribution < 1.29 is 8.78 Å². The topological polar surface area (TPSA) is 52.0 Å². The van der Waals surface area contributed by atoms with Gasteiger partial charge in [0.05, 0.1) is 16.4 Å². The molecule has 0 aliphatic rings. The zero-order chi connectivity index (χ0) is 9.46. The van der Waals surface area contributed by atoms with E-state index in [0.717, 1.165) is 0 Å². The summed E-state index contributed by atoms with van der Waals surface area (Å²) >= 11 is 10.7. The average Bonchev–Trinajstić information content (AvgIpc) is 2.08. The Bertz CT molecular complexity index is 236. The molecule has 0 unspecified atom stereocenters. The van der Waals surface area contributed by atoms with Crippen molar-refractivity contribution >= 4 is 34.6 Å². The van der Waals surface area contributed by atoms with Crippen LogP contribution in [0.1, 0.15) is 0 Å². The summed E-state index contributed by atoms with van der Waals surface area (Å²) in [7, 11) is 0. The molecular formula is C6H4Cl2F2N2. The van der Waals surface area contributed by atoms with Gasteiger partial charge in [0.2, 0.25) is 0 Å². The number of anilines is 2. The highest BCUT2D eigenvalue weighted by atomic mass is 35.5. The van der Waals surface area contributed by atoms with Crippen molar-refractivity contribution in [1.82, 2.24) is 0 Å². The van der Waals surface area contributed by atoms with E-state index in [9.17, 15) is 8.78 Å². The van der Waals surface area contributed by atoms with E-state index in [2.05, 4.69) is 0 Å². The summed E-state index contributed by atoms with van der Waals surface area (Å²) < 4.78 is 25.4. The van der Waals surface area contributed by atoms with Crippen molar-refractivity contribution in [3.05, 3.63) is 21.7 Å². The molecule has 12 heavy (non-hydrogen) atoms. The van der Waals surface area contributed by atoms with E-state index < -0.39 is 22.3 Å². The molecule has 0 heterocycles. The largest absolute Gasteiger partial charge is 0.396 e. The Labute approximate surface area is 77.0 Å². The molecule has 0 radical (unpaired) electrons. The van der Waals surface area contributed by atoms with E-state index >= 15 is 0 Å². The second-order valence-corrected chi connectivity index (χ2v) is 2.84. The molecule has 0 amide bonds. The van der Waals surface area contributed by atoms with Crippen molar-refractivity contribution in [2.45, 2.75) is 0 Å². The lowest BCUT2D eigenvalue weighted by Gasteiger charge is -2.06. The quantitative estimate of drug-likeness (QED) is 0.395. The maximum Gasteiger partial charge on any atom is 0.184 e. The predicted molar refractivity (Wildman–Crippen MR) is 45.2 cm³/mol. The minimum atomic E-state index is -1.28. The number of hydrogen-bond acceptors (Lipinski definition) is 2. The summed E-state index contributed by atoms with van der Waals surface area (Å²) in [5, 5.41) is -0.814. The Hall–Kier alpha value is -0.740. The Morgan fingerprint density at radius 3 is 1.83 bits per heavy atom. The van der Waals surface area contributed by atoms with Gasteiger partial charge in [-0.1, -0.05) is 23.2 Å². The van der Waals surface area contributed by atoms with Gasteiger partial charge >= 0.3 is 0 Å². The maximum absolute atomic E-state index is 12.7. The molecule has 0 saturated heterocycles. The van der Waals surface area contributed by atoms with Gasteiger partial charge in [-0.25, -0.2) is 8.78 Å². The summed E-state index contributed by atoms with van der Waals surface area (Å²) in [4.78, 5) is 0. The molecule has 4 N–H and O–H groups in total. The van der Waals surface area contributed by atoms with Crippen molar-refractivity contribution in [3.63, 3.8) is 0 Å². The average molecular weight is 213 g/mol. The smallest absolute Gasteiger partial charge is 0.184 e. The Kier molecular flexibility index (Phi) is 2.30. The Morgan fingerprint density at radius 2 is 1.33 bits per heavy atom. The third-order valence-corrected chi connectivity index (χ3v) is 2.11. The molecule has 0 fully saturated rings. The zero-order valence-corrected chi connectivity index (χ0v) is 7.18. The molecule has 0 aromatic heterocycles. The molecule has 0 aliphatic carbocycles. The van der Waals surface area contributed by atoms with Gasteiger partial charge in [-0.2, -0.15) is 0 Å². The van der Waals surface area contributed by atoms with Gasteiger partial charge in [0.25, 0.3) is 0 Å². The van der Waals surface area contributed by atoms with Crippen LogP contribution in [0.15, 0.2) is 0 Å². The van der Waals surface area contributed by atoms with Crippen LogP contribution in [-0.2, 0) is 0 Å². The highest BCUT2D eigenvalue weighted by Crippen LogP contribution is 2.36. The van der Waals surface area contributed by atoms with Crippen molar-refractivity contribution in [2.75, 3.05) is 11.5 Å². The Morgan fingerprint density at radius 1 is 0.833 bits per heavy atom. The molecule has 2 nitrogen and oxygen atoms in total. The fraction of sp³-hybridized carbons (Fsp3) is 0. The minimum absolute atomic E-state index is 0.255. The van der Waals surface area contributed by atoms with E-state index in [0.29, 0.717) is 0 Å². The first-order valence-corrected chi connectivity index (χ1v) is 3.59. The van der Waals surface area contributed by atoms with Crippen molar-refractivity contribution in [2.24, 2.45) is 0 Å². The highest BCUT2D eigenvalue weighted by molar-refractivity contribution is 6.40. The molecule has 0 bridgehead atoms. The molecule has 0 spiro atoms. The summed E-state index contributed by atoms with van der Waals surface area (Å²) in [6.07, 6.45) is 0. The van der Waals surface area contributed by atoms with Crippen LogP contribution >= 0.6 is 23.2 Å². The van der Waals surface area contributed by atoms with Crippen LogP contribution in [0.2, 0.25) is 10.0 Å². The number of hydrogen-bond donors (Lipinski definition) is 2. The summed E-state index contributed by atoms with van der Waals surface area (Å²) in [6, 6.07) is 0. The number of rotatable bonds is 0. The molecule has 0 aliphatic heterocycles. The Balaban J connectivity index is 3.60. The third kappa shape index (κ3) is 1.17. The van der Waals surface area contributed by atoms with E-state index in [1.165, 1.54) is 0 Å². The van der Waals surface area contributed by atoms with Crippen molar-refractivity contribution in [3.8, 4) is 0 Å². The van der Waals surface area contributed by atoms with E-state index in [-0.39, 0.29) is 10.7 Å². The van der Waals surface area contributed by atoms with Crippen LogP contribution in [0.25, 0.3) is 0 Å². The number of halogens is 4. The van der Waals surface area contributed by atoms with Gasteiger partial charge in [-0.3, -0.25) is 0 Å². The number of nitrogens with two attached hydrogens (primary N) is 2. The minimum Gasteiger partial charge on any atom is -0.396 e. The van der Waals surface area contributed by atoms with Gasteiger partial charge in [0, 0.05) is 0 Å². The van der Waals surface area contributed by atoms with Crippen LogP contribution < -0.4 is 11.5 Å². The van der Waals surface area contributed by atoms with Gasteiger partial charge in [0.1, 0.15) is 5.02 Å². The van der Waals surface area contributed by atoms with E-state index in [4.69, 9.17) is 34.7 Å². The molecule has 1 aromatic rings. The van der Waals surface area contributed by atoms with Gasteiger partial charge < -0.3 is 11.5 Å². The van der Waals surface area contributed by atoms with Crippen LogP contribution in [-0.4, -0.2) is 0 Å². The molecule has 0 saturated carbocycles. The molecule has 6 heteroatoms. The molecular weight excluding hydrogens is 209 g/mol. The van der Waals surface area contributed by atoms with Crippen LogP contribution in [0, 0.1) is 11.6 Å². The zero-order valence-electron chi connectivity index (χ0n) is 5.67. The fourth-order valence-electron chi connectivity index (χ4n) is 0.671.